The second-order valence-corrected chi connectivity index (χ2v) is 4.82. The van der Waals surface area contributed by atoms with E-state index in [9.17, 15) is 18.4 Å². The van der Waals surface area contributed by atoms with E-state index < -0.39 is 35.1 Å². The van der Waals surface area contributed by atoms with Crippen LogP contribution in [0.3, 0.4) is 0 Å². The lowest BCUT2D eigenvalue weighted by atomic mass is 9.86. The molecule has 1 aromatic rings. The number of carboxylic acids is 1. The van der Waals surface area contributed by atoms with E-state index in [1.54, 1.807) is 0 Å². The maximum Gasteiger partial charge on any atom is 0.306 e. The van der Waals surface area contributed by atoms with Crippen LogP contribution in [0.25, 0.3) is 0 Å². The average molecular weight is 284 g/mol. The lowest BCUT2D eigenvalue weighted by Gasteiger charge is -2.26. The normalized spacial score (nSPS) is 22.3. The van der Waals surface area contributed by atoms with Gasteiger partial charge < -0.3 is 10.4 Å². The molecule has 1 aliphatic carbocycles. The fraction of sp³-hybridized carbons (Fsp3) is 0.462. The zero-order valence-electron chi connectivity index (χ0n) is 10.6. The summed E-state index contributed by atoms with van der Waals surface area (Å²) in [5, 5.41) is 11.5. The van der Waals surface area contributed by atoms with Crippen LogP contribution in [0.15, 0.2) is 12.3 Å². The number of halogens is 2. The van der Waals surface area contributed by atoms with Crippen LogP contribution in [0.2, 0.25) is 0 Å². The molecule has 1 heterocycles. The Balaban J connectivity index is 1.96. The number of hydrogen-bond acceptors (Lipinski definition) is 3. The molecule has 1 fully saturated rings. The third-order valence-electron chi connectivity index (χ3n) is 3.50. The van der Waals surface area contributed by atoms with Gasteiger partial charge >= 0.3 is 5.97 Å². The number of carbonyl (C=O) groups excluding carboxylic acids is 1. The quantitative estimate of drug-likeness (QED) is 0.828. The Morgan fingerprint density at radius 1 is 1.25 bits per heavy atom. The second-order valence-electron chi connectivity index (χ2n) is 4.82. The highest BCUT2D eigenvalue weighted by Gasteiger charge is 2.27. The van der Waals surface area contributed by atoms with Crippen LogP contribution in [-0.2, 0) is 4.79 Å². The van der Waals surface area contributed by atoms with Gasteiger partial charge in [0.1, 0.15) is 0 Å². The Bertz CT molecular complexity index is 528. The molecule has 20 heavy (non-hydrogen) atoms. The van der Waals surface area contributed by atoms with Gasteiger partial charge in [-0.05, 0) is 31.7 Å². The van der Waals surface area contributed by atoms with Crippen LogP contribution < -0.4 is 5.32 Å². The molecule has 1 aliphatic rings. The minimum Gasteiger partial charge on any atom is -0.481 e. The molecule has 0 saturated heterocycles. The van der Waals surface area contributed by atoms with E-state index in [0.717, 1.165) is 12.3 Å². The molecular weight excluding hydrogens is 270 g/mol. The van der Waals surface area contributed by atoms with Gasteiger partial charge in [-0.25, -0.2) is 9.37 Å². The average Bonchev–Trinajstić information content (AvgIpc) is 2.42. The molecule has 0 aliphatic heterocycles. The molecule has 1 amide bonds. The molecule has 1 saturated carbocycles. The van der Waals surface area contributed by atoms with Crippen LogP contribution >= 0.6 is 0 Å². The molecule has 0 atom stereocenters. The number of pyridine rings is 1. The number of carboxylic acid groups (broad SMARTS) is 1. The van der Waals surface area contributed by atoms with Crippen molar-refractivity contribution in [1.29, 1.82) is 0 Å². The minimum atomic E-state index is -1.31. The zero-order chi connectivity index (χ0) is 14.7. The molecule has 0 spiro atoms. The minimum absolute atomic E-state index is 0.214. The molecule has 0 aromatic carbocycles. The largest absolute Gasteiger partial charge is 0.481 e. The summed E-state index contributed by atoms with van der Waals surface area (Å²) in [4.78, 5) is 25.8. The molecular formula is C13H14F2N2O3. The van der Waals surface area contributed by atoms with Crippen LogP contribution in [0, 0.1) is 17.7 Å². The molecule has 7 heteroatoms. The Morgan fingerprint density at radius 2 is 1.90 bits per heavy atom. The van der Waals surface area contributed by atoms with E-state index in [2.05, 4.69) is 10.3 Å². The number of amides is 1. The highest BCUT2D eigenvalue weighted by Crippen LogP contribution is 2.24. The molecule has 0 bridgehead atoms. The van der Waals surface area contributed by atoms with Gasteiger partial charge in [0.05, 0.1) is 11.5 Å². The summed E-state index contributed by atoms with van der Waals surface area (Å²) < 4.78 is 26.3. The summed E-state index contributed by atoms with van der Waals surface area (Å²) in [6.45, 7) is 0. The molecule has 5 nitrogen and oxygen atoms in total. The molecule has 2 rings (SSSR count). The number of aliphatic carboxylic acids is 1. The number of nitrogens with zero attached hydrogens (tertiary/aromatic N) is 1. The van der Waals surface area contributed by atoms with E-state index >= 15 is 0 Å². The lowest BCUT2D eigenvalue weighted by molar-refractivity contribution is -0.142. The maximum absolute atomic E-state index is 13.4. The summed E-state index contributed by atoms with van der Waals surface area (Å²) in [5.41, 5.74) is -0.391. The number of nitrogens with one attached hydrogen (secondary N) is 1. The Kier molecular flexibility index (Phi) is 4.26. The number of rotatable bonds is 3. The van der Waals surface area contributed by atoms with Crippen LogP contribution in [-0.4, -0.2) is 28.0 Å². The Labute approximate surface area is 114 Å². The first-order valence-corrected chi connectivity index (χ1v) is 6.32. The number of hydrogen-bond donors (Lipinski definition) is 2. The summed E-state index contributed by atoms with van der Waals surface area (Å²) in [6, 6.07) is 0.894. The topological polar surface area (TPSA) is 79.3 Å². The predicted molar refractivity (Wildman–Crippen MR) is 65.0 cm³/mol. The van der Waals surface area contributed by atoms with E-state index in [0.29, 0.717) is 25.7 Å². The van der Waals surface area contributed by atoms with Crippen molar-refractivity contribution in [2.45, 2.75) is 31.7 Å². The smallest absolute Gasteiger partial charge is 0.306 e. The summed E-state index contributed by atoms with van der Waals surface area (Å²) >= 11 is 0. The summed E-state index contributed by atoms with van der Waals surface area (Å²) in [7, 11) is 0. The SMILES string of the molecule is O=C(NC1CCC(C(=O)O)CC1)c1ccnc(F)c1F. The van der Waals surface area contributed by atoms with Gasteiger partial charge in [0.25, 0.3) is 5.91 Å². The van der Waals surface area contributed by atoms with Crippen molar-refractivity contribution in [1.82, 2.24) is 10.3 Å². The fourth-order valence-electron chi connectivity index (χ4n) is 2.34. The summed E-state index contributed by atoms with van der Waals surface area (Å²) in [5.74, 6) is -4.52. The molecule has 2 N–H and O–H groups in total. The highest BCUT2D eigenvalue weighted by molar-refractivity contribution is 5.94. The first-order chi connectivity index (χ1) is 9.49. The highest BCUT2D eigenvalue weighted by atomic mass is 19.2. The zero-order valence-corrected chi connectivity index (χ0v) is 10.6. The van der Waals surface area contributed by atoms with Crippen LogP contribution in [0.5, 0.6) is 0 Å². The maximum atomic E-state index is 13.4. The van der Waals surface area contributed by atoms with E-state index in [-0.39, 0.29) is 6.04 Å². The first kappa shape index (κ1) is 14.4. The van der Waals surface area contributed by atoms with E-state index in [1.165, 1.54) is 0 Å². The molecule has 108 valence electrons. The molecule has 0 unspecified atom stereocenters. The third-order valence-corrected chi connectivity index (χ3v) is 3.50. The summed E-state index contributed by atoms with van der Waals surface area (Å²) in [6.07, 6.45) is 2.98. The van der Waals surface area contributed by atoms with Gasteiger partial charge in [-0.15, -0.1) is 0 Å². The van der Waals surface area contributed by atoms with Crippen LogP contribution in [0.4, 0.5) is 8.78 Å². The Morgan fingerprint density at radius 3 is 2.50 bits per heavy atom. The number of aromatic nitrogens is 1. The van der Waals surface area contributed by atoms with Crippen molar-refractivity contribution in [3.8, 4) is 0 Å². The van der Waals surface area contributed by atoms with Crippen molar-refractivity contribution in [3.05, 3.63) is 29.6 Å². The standard InChI is InChI=1S/C13H14F2N2O3/c14-10-9(5-6-16-11(10)15)12(18)17-8-3-1-7(2-4-8)13(19)20/h5-8H,1-4H2,(H,17,18)(H,19,20). The van der Waals surface area contributed by atoms with Crippen molar-refractivity contribution in [2.75, 3.05) is 0 Å². The van der Waals surface area contributed by atoms with Crippen molar-refractivity contribution < 1.29 is 23.5 Å². The van der Waals surface area contributed by atoms with E-state index in [1.807, 2.05) is 0 Å². The predicted octanol–water partition coefficient (Wildman–Crippen LogP) is 1.73. The first-order valence-electron chi connectivity index (χ1n) is 6.32. The number of carbonyl (C=O) groups is 2. The third kappa shape index (κ3) is 3.09. The Hall–Kier alpha value is -2.05. The van der Waals surface area contributed by atoms with Crippen LogP contribution in [0.1, 0.15) is 36.0 Å². The molecule has 1 aromatic heterocycles. The van der Waals surface area contributed by atoms with Gasteiger partial charge in [0, 0.05) is 12.2 Å². The van der Waals surface area contributed by atoms with Gasteiger partial charge in [0.2, 0.25) is 5.95 Å². The van der Waals surface area contributed by atoms with Crippen molar-refractivity contribution >= 4 is 11.9 Å². The lowest BCUT2D eigenvalue weighted by Crippen LogP contribution is -2.39. The van der Waals surface area contributed by atoms with E-state index in [4.69, 9.17) is 5.11 Å². The van der Waals surface area contributed by atoms with Gasteiger partial charge in [-0.1, -0.05) is 0 Å². The fourth-order valence-corrected chi connectivity index (χ4v) is 2.34. The van der Waals surface area contributed by atoms with Gasteiger partial charge in [-0.3, -0.25) is 9.59 Å². The van der Waals surface area contributed by atoms with Crippen molar-refractivity contribution in [3.63, 3.8) is 0 Å². The van der Waals surface area contributed by atoms with Crippen molar-refractivity contribution in [2.24, 2.45) is 5.92 Å². The second kappa shape index (κ2) is 5.94. The van der Waals surface area contributed by atoms with Gasteiger partial charge in [-0.2, -0.15) is 4.39 Å². The monoisotopic (exact) mass is 284 g/mol. The molecule has 0 radical (unpaired) electrons. The van der Waals surface area contributed by atoms with Gasteiger partial charge in [0.15, 0.2) is 5.82 Å².